The number of hydrogen-bond acceptors (Lipinski definition) is 2. The summed E-state index contributed by atoms with van der Waals surface area (Å²) < 4.78 is 6.41. The van der Waals surface area contributed by atoms with Crippen molar-refractivity contribution in [2.45, 2.75) is 19.4 Å². The van der Waals surface area contributed by atoms with Gasteiger partial charge in [0.25, 0.3) is 0 Å². The molecule has 74 valence electrons. The Morgan fingerprint density at radius 1 is 1.36 bits per heavy atom. The van der Waals surface area contributed by atoms with Gasteiger partial charge >= 0.3 is 0 Å². The molecule has 0 aromatic heterocycles. The molecule has 0 radical (unpaired) electrons. The molecule has 2 nitrogen and oxygen atoms in total. The first kappa shape index (κ1) is 9.59. The predicted octanol–water partition coefficient (Wildman–Crippen LogP) is 3.34. The van der Waals surface area contributed by atoms with Gasteiger partial charge in [-0.25, -0.2) is 0 Å². The molecule has 0 saturated carbocycles. The molecule has 0 saturated heterocycles. The number of phenolic OH excluding ortho intramolecular Hbond substituents is 1. The molecule has 1 aliphatic rings. The van der Waals surface area contributed by atoms with Crippen LogP contribution in [0.15, 0.2) is 22.7 Å². The van der Waals surface area contributed by atoms with Crippen molar-refractivity contribution >= 4 is 22.0 Å². The number of fused-ring (bicyclic) bond motifs is 1. The Kier molecular flexibility index (Phi) is 2.07. The smallest absolute Gasteiger partial charge is 0.130 e. The molecular formula is C11H11BrO2. The highest BCUT2D eigenvalue weighted by molar-refractivity contribution is 9.10. The first-order valence-electron chi connectivity index (χ1n) is 4.39. The van der Waals surface area contributed by atoms with Crippen molar-refractivity contribution in [3.05, 3.63) is 28.2 Å². The second-order valence-corrected chi connectivity index (χ2v) is 4.64. The molecule has 0 bridgehead atoms. The topological polar surface area (TPSA) is 29.5 Å². The normalized spacial score (nSPS) is 17.4. The Balaban J connectivity index is 2.56. The molecule has 1 aromatic carbocycles. The minimum Gasteiger partial charge on any atom is -0.507 e. The molecule has 1 N–H and O–H groups in total. The molecule has 0 atom stereocenters. The first-order valence-corrected chi connectivity index (χ1v) is 5.19. The van der Waals surface area contributed by atoms with Gasteiger partial charge in [0.1, 0.15) is 17.1 Å². The van der Waals surface area contributed by atoms with E-state index < -0.39 is 0 Å². The highest BCUT2D eigenvalue weighted by Gasteiger charge is 2.23. The molecule has 0 unspecified atom stereocenters. The fourth-order valence-corrected chi connectivity index (χ4v) is 1.87. The molecular weight excluding hydrogens is 244 g/mol. The van der Waals surface area contributed by atoms with E-state index in [0.717, 1.165) is 11.3 Å². The maximum absolute atomic E-state index is 9.47. The summed E-state index contributed by atoms with van der Waals surface area (Å²) in [6, 6.07) is 3.40. The van der Waals surface area contributed by atoms with Gasteiger partial charge in [-0.05, 0) is 48.0 Å². The molecule has 1 aromatic rings. The first-order chi connectivity index (χ1) is 6.49. The monoisotopic (exact) mass is 254 g/mol. The van der Waals surface area contributed by atoms with E-state index in [1.54, 1.807) is 12.1 Å². The minimum atomic E-state index is -0.274. The lowest BCUT2D eigenvalue weighted by Crippen LogP contribution is -2.27. The molecule has 1 heterocycles. The van der Waals surface area contributed by atoms with E-state index in [1.807, 2.05) is 26.0 Å². The van der Waals surface area contributed by atoms with E-state index in [2.05, 4.69) is 15.9 Å². The maximum Gasteiger partial charge on any atom is 0.130 e. The Labute approximate surface area is 91.3 Å². The van der Waals surface area contributed by atoms with Crippen molar-refractivity contribution in [3.8, 4) is 11.5 Å². The van der Waals surface area contributed by atoms with Gasteiger partial charge in [0.15, 0.2) is 0 Å². The van der Waals surface area contributed by atoms with Crippen LogP contribution in [0.5, 0.6) is 11.5 Å². The Morgan fingerprint density at radius 3 is 2.79 bits per heavy atom. The SMILES string of the molecule is CC1(C)C=Cc2c(ccc(O)c2Br)O1. The van der Waals surface area contributed by atoms with Crippen LogP contribution in [0.2, 0.25) is 0 Å². The Bertz CT molecular complexity index is 408. The van der Waals surface area contributed by atoms with Crippen LogP contribution in [0.3, 0.4) is 0 Å². The van der Waals surface area contributed by atoms with Crippen molar-refractivity contribution in [1.82, 2.24) is 0 Å². The maximum atomic E-state index is 9.47. The third-order valence-electron chi connectivity index (χ3n) is 2.14. The lowest BCUT2D eigenvalue weighted by atomic mass is 10.0. The summed E-state index contributed by atoms with van der Waals surface area (Å²) in [5.74, 6) is 1.03. The van der Waals surface area contributed by atoms with Crippen LogP contribution < -0.4 is 4.74 Å². The van der Waals surface area contributed by atoms with E-state index in [-0.39, 0.29) is 11.4 Å². The second-order valence-electron chi connectivity index (χ2n) is 3.85. The van der Waals surface area contributed by atoms with Gasteiger partial charge in [0, 0.05) is 5.56 Å². The van der Waals surface area contributed by atoms with Gasteiger partial charge in [-0.15, -0.1) is 0 Å². The van der Waals surface area contributed by atoms with Gasteiger partial charge in [-0.1, -0.05) is 6.08 Å². The second kappa shape index (κ2) is 3.02. The summed E-state index contributed by atoms with van der Waals surface area (Å²) in [6.07, 6.45) is 3.93. The van der Waals surface area contributed by atoms with Gasteiger partial charge < -0.3 is 9.84 Å². The minimum absolute atomic E-state index is 0.233. The van der Waals surface area contributed by atoms with Crippen LogP contribution >= 0.6 is 15.9 Å². The molecule has 0 fully saturated rings. The summed E-state index contributed by atoms with van der Waals surface area (Å²) >= 11 is 3.32. The van der Waals surface area contributed by atoms with Crippen LogP contribution in [-0.4, -0.2) is 10.7 Å². The van der Waals surface area contributed by atoms with E-state index in [9.17, 15) is 5.11 Å². The van der Waals surface area contributed by atoms with E-state index in [1.165, 1.54) is 0 Å². The van der Waals surface area contributed by atoms with Crippen LogP contribution in [0, 0.1) is 0 Å². The van der Waals surface area contributed by atoms with Gasteiger partial charge in [-0.3, -0.25) is 0 Å². The zero-order valence-electron chi connectivity index (χ0n) is 8.04. The predicted molar refractivity (Wildman–Crippen MR) is 59.5 cm³/mol. The Morgan fingerprint density at radius 2 is 2.07 bits per heavy atom. The van der Waals surface area contributed by atoms with Crippen LogP contribution in [-0.2, 0) is 0 Å². The molecule has 3 heteroatoms. The van der Waals surface area contributed by atoms with Gasteiger partial charge in [-0.2, -0.15) is 0 Å². The molecule has 1 aliphatic heterocycles. The largest absolute Gasteiger partial charge is 0.507 e. The van der Waals surface area contributed by atoms with E-state index >= 15 is 0 Å². The van der Waals surface area contributed by atoms with Gasteiger partial charge in [0.2, 0.25) is 0 Å². The molecule has 0 aliphatic carbocycles. The average molecular weight is 255 g/mol. The van der Waals surface area contributed by atoms with Crippen molar-refractivity contribution < 1.29 is 9.84 Å². The number of ether oxygens (including phenoxy) is 1. The van der Waals surface area contributed by atoms with Crippen molar-refractivity contribution in [2.75, 3.05) is 0 Å². The van der Waals surface area contributed by atoms with Crippen molar-refractivity contribution in [3.63, 3.8) is 0 Å². The lowest BCUT2D eigenvalue weighted by molar-refractivity contribution is 0.158. The quantitative estimate of drug-likeness (QED) is 0.770. The molecule has 14 heavy (non-hydrogen) atoms. The summed E-state index contributed by atoms with van der Waals surface area (Å²) in [7, 11) is 0. The van der Waals surface area contributed by atoms with E-state index in [4.69, 9.17) is 4.74 Å². The fraction of sp³-hybridized carbons (Fsp3) is 0.273. The number of benzene rings is 1. The van der Waals surface area contributed by atoms with E-state index in [0.29, 0.717) is 4.47 Å². The highest BCUT2D eigenvalue weighted by Crippen LogP contribution is 2.39. The Hall–Kier alpha value is -0.960. The summed E-state index contributed by atoms with van der Waals surface area (Å²) in [4.78, 5) is 0. The van der Waals surface area contributed by atoms with Crippen molar-refractivity contribution in [2.24, 2.45) is 0 Å². The van der Waals surface area contributed by atoms with Gasteiger partial charge in [0.05, 0.1) is 4.47 Å². The third-order valence-corrected chi connectivity index (χ3v) is 2.98. The summed E-state index contributed by atoms with van der Waals surface area (Å²) in [5.41, 5.74) is 0.619. The summed E-state index contributed by atoms with van der Waals surface area (Å²) in [5, 5.41) is 9.47. The lowest BCUT2D eigenvalue weighted by Gasteiger charge is -2.28. The fourth-order valence-electron chi connectivity index (χ4n) is 1.41. The zero-order chi connectivity index (χ0) is 10.3. The average Bonchev–Trinajstić information content (AvgIpc) is 2.10. The number of rotatable bonds is 0. The van der Waals surface area contributed by atoms with Crippen molar-refractivity contribution in [1.29, 1.82) is 0 Å². The number of hydrogen-bond donors (Lipinski definition) is 1. The third kappa shape index (κ3) is 1.52. The highest BCUT2D eigenvalue weighted by atomic mass is 79.9. The van der Waals surface area contributed by atoms with Crippen LogP contribution in [0.25, 0.3) is 6.08 Å². The molecule has 0 amide bonds. The van der Waals surface area contributed by atoms with Crippen LogP contribution in [0.1, 0.15) is 19.4 Å². The number of phenols is 1. The number of aromatic hydroxyl groups is 1. The standard InChI is InChI=1S/C11H11BrO2/c1-11(2)6-5-7-9(14-11)4-3-8(13)10(7)12/h3-6,13H,1-2H3. The molecule has 0 spiro atoms. The summed E-state index contributed by atoms with van der Waals surface area (Å²) in [6.45, 7) is 3.99. The molecule has 2 rings (SSSR count). The number of halogens is 1. The van der Waals surface area contributed by atoms with Crippen LogP contribution in [0.4, 0.5) is 0 Å². The zero-order valence-corrected chi connectivity index (χ0v) is 9.63.